The van der Waals surface area contributed by atoms with Crippen molar-refractivity contribution >= 4 is 11.8 Å². The van der Waals surface area contributed by atoms with Gasteiger partial charge in [0.1, 0.15) is 18.0 Å². The Hall–Kier alpha value is -3.35. The molecule has 1 aliphatic heterocycles. The van der Waals surface area contributed by atoms with Crippen LogP contribution in [0.1, 0.15) is 57.9 Å². The second-order valence-corrected chi connectivity index (χ2v) is 8.33. The number of hydrogen-bond acceptors (Lipinski definition) is 4. The number of amides is 2. The Labute approximate surface area is 182 Å². The quantitative estimate of drug-likeness (QED) is 0.686. The van der Waals surface area contributed by atoms with Gasteiger partial charge in [-0.25, -0.2) is 4.98 Å². The Morgan fingerprint density at radius 2 is 1.74 bits per heavy atom. The highest BCUT2D eigenvalue weighted by atomic mass is 16.3. The number of carbonyl (C=O) groups is 2. The molecule has 0 saturated carbocycles. The minimum atomic E-state index is -0.433. The predicted molar refractivity (Wildman–Crippen MR) is 117 cm³/mol. The Bertz CT molecular complexity index is 1050. The van der Waals surface area contributed by atoms with Crippen molar-refractivity contribution in [1.29, 1.82) is 0 Å². The van der Waals surface area contributed by atoms with Crippen molar-refractivity contribution in [3.8, 4) is 0 Å². The molecule has 0 radical (unpaired) electrons. The maximum absolute atomic E-state index is 13.1. The van der Waals surface area contributed by atoms with E-state index in [1.165, 1.54) is 17.4 Å². The molecule has 162 valence electrons. The highest BCUT2D eigenvalue weighted by molar-refractivity contribution is 5.93. The van der Waals surface area contributed by atoms with E-state index in [1.54, 1.807) is 10.6 Å². The van der Waals surface area contributed by atoms with Gasteiger partial charge in [0.2, 0.25) is 5.89 Å². The first-order valence-electron chi connectivity index (χ1n) is 10.7. The summed E-state index contributed by atoms with van der Waals surface area (Å²) in [7, 11) is 1.82. The van der Waals surface area contributed by atoms with Crippen molar-refractivity contribution < 1.29 is 14.0 Å². The molecule has 1 N–H and O–H groups in total. The smallest absolute Gasteiger partial charge is 0.275 e. The van der Waals surface area contributed by atoms with Gasteiger partial charge in [0.05, 0.1) is 0 Å². The van der Waals surface area contributed by atoms with Gasteiger partial charge >= 0.3 is 0 Å². The zero-order chi connectivity index (χ0) is 22.0. The van der Waals surface area contributed by atoms with E-state index in [4.69, 9.17) is 4.42 Å². The first-order chi connectivity index (χ1) is 14.9. The zero-order valence-corrected chi connectivity index (χ0v) is 18.2. The lowest BCUT2D eigenvalue weighted by Crippen LogP contribution is -2.34. The second kappa shape index (κ2) is 8.79. The van der Waals surface area contributed by atoms with Crippen molar-refractivity contribution in [3.05, 3.63) is 77.3 Å². The standard InChI is InChI=1S/C24H28N4O3/c1-16(2)21(26-22(29)20-9-6-12-27(20)3)23-25-19(15-31-23)24(30)28-13-10-17-7-4-5-8-18(17)11-14-28/h4-9,12,15-16,21H,10-11,13-14H2,1-3H3,(H,26,29)/t21-/m1/s1. The van der Waals surface area contributed by atoms with Crippen LogP contribution >= 0.6 is 0 Å². The Morgan fingerprint density at radius 3 is 2.32 bits per heavy atom. The highest BCUT2D eigenvalue weighted by Gasteiger charge is 2.28. The molecule has 0 unspecified atom stereocenters. The van der Waals surface area contributed by atoms with Crippen LogP contribution in [0, 0.1) is 5.92 Å². The summed E-state index contributed by atoms with van der Waals surface area (Å²) in [4.78, 5) is 32.0. The van der Waals surface area contributed by atoms with Gasteiger partial charge in [-0.2, -0.15) is 0 Å². The number of nitrogens with zero attached hydrogens (tertiary/aromatic N) is 3. The minimum Gasteiger partial charge on any atom is -0.446 e. The molecule has 1 atom stereocenters. The molecule has 31 heavy (non-hydrogen) atoms. The topological polar surface area (TPSA) is 80.4 Å². The summed E-state index contributed by atoms with van der Waals surface area (Å²) in [5.41, 5.74) is 3.42. The van der Waals surface area contributed by atoms with Gasteiger partial charge in [-0.1, -0.05) is 38.1 Å². The third-order valence-electron chi connectivity index (χ3n) is 5.84. The van der Waals surface area contributed by atoms with Gasteiger partial charge in [-0.15, -0.1) is 0 Å². The van der Waals surface area contributed by atoms with Gasteiger partial charge < -0.3 is 19.2 Å². The number of rotatable bonds is 5. The van der Waals surface area contributed by atoms with Crippen LogP contribution in [0.5, 0.6) is 0 Å². The molecule has 7 nitrogen and oxygen atoms in total. The maximum Gasteiger partial charge on any atom is 0.275 e. The lowest BCUT2D eigenvalue weighted by atomic mass is 10.0. The van der Waals surface area contributed by atoms with Crippen LogP contribution in [-0.4, -0.2) is 39.4 Å². The summed E-state index contributed by atoms with van der Waals surface area (Å²) < 4.78 is 7.42. The van der Waals surface area contributed by atoms with Crippen molar-refractivity contribution in [2.45, 2.75) is 32.7 Å². The number of aromatic nitrogens is 2. The lowest BCUT2D eigenvalue weighted by Gasteiger charge is -2.20. The molecular weight excluding hydrogens is 392 g/mol. The molecule has 0 spiro atoms. The molecule has 0 fully saturated rings. The fourth-order valence-corrected chi connectivity index (χ4v) is 3.99. The lowest BCUT2D eigenvalue weighted by molar-refractivity contribution is 0.0757. The summed E-state index contributed by atoms with van der Waals surface area (Å²) in [6, 6.07) is 11.5. The SMILES string of the molecule is CC(C)[C@@H](NC(=O)c1cccn1C)c1nc(C(=O)N2CCc3ccccc3CC2)co1. The number of nitrogens with one attached hydrogen (secondary N) is 1. The molecule has 3 heterocycles. The van der Waals surface area contributed by atoms with Crippen LogP contribution in [-0.2, 0) is 19.9 Å². The van der Waals surface area contributed by atoms with Crippen LogP contribution in [0.2, 0.25) is 0 Å². The monoisotopic (exact) mass is 420 g/mol. The summed E-state index contributed by atoms with van der Waals surface area (Å²) in [6.45, 7) is 5.26. The zero-order valence-electron chi connectivity index (χ0n) is 18.2. The molecule has 3 aromatic rings. The van der Waals surface area contributed by atoms with E-state index in [1.807, 2.05) is 50.2 Å². The largest absolute Gasteiger partial charge is 0.446 e. The Kier molecular flexibility index (Phi) is 5.93. The number of hydrogen-bond donors (Lipinski definition) is 1. The van der Waals surface area contributed by atoms with Gasteiger partial charge in [-0.3, -0.25) is 9.59 Å². The molecule has 7 heteroatoms. The van der Waals surface area contributed by atoms with E-state index in [-0.39, 0.29) is 23.4 Å². The third kappa shape index (κ3) is 4.40. The van der Waals surface area contributed by atoms with E-state index < -0.39 is 6.04 Å². The average Bonchev–Trinajstić information content (AvgIpc) is 3.35. The first-order valence-corrected chi connectivity index (χ1v) is 10.7. The van der Waals surface area contributed by atoms with E-state index in [0.717, 1.165) is 12.8 Å². The molecule has 4 rings (SSSR count). The highest BCUT2D eigenvalue weighted by Crippen LogP contribution is 2.23. The summed E-state index contributed by atoms with van der Waals surface area (Å²) >= 11 is 0. The number of fused-ring (bicyclic) bond motifs is 1. The summed E-state index contributed by atoms with van der Waals surface area (Å²) in [5.74, 6) is 0.0409. The van der Waals surface area contributed by atoms with Crippen LogP contribution < -0.4 is 5.32 Å². The van der Waals surface area contributed by atoms with Crippen molar-refractivity contribution in [2.24, 2.45) is 13.0 Å². The molecule has 1 aliphatic rings. The number of oxazole rings is 1. The molecule has 2 amide bonds. The molecular formula is C24H28N4O3. The van der Waals surface area contributed by atoms with Gasteiger partial charge in [0, 0.05) is 26.3 Å². The number of benzene rings is 1. The molecule has 2 aromatic heterocycles. The average molecular weight is 421 g/mol. The van der Waals surface area contributed by atoms with E-state index in [9.17, 15) is 9.59 Å². The van der Waals surface area contributed by atoms with Crippen molar-refractivity contribution in [3.63, 3.8) is 0 Å². The van der Waals surface area contributed by atoms with Gasteiger partial charge in [0.15, 0.2) is 5.69 Å². The second-order valence-electron chi connectivity index (χ2n) is 8.33. The summed E-state index contributed by atoms with van der Waals surface area (Å²) in [6.07, 6.45) is 4.88. The van der Waals surface area contributed by atoms with Crippen molar-refractivity contribution in [2.75, 3.05) is 13.1 Å². The van der Waals surface area contributed by atoms with Crippen LogP contribution in [0.4, 0.5) is 0 Å². The first kappa shape index (κ1) is 20.9. The third-order valence-corrected chi connectivity index (χ3v) is 5.84. The Morgan fingerprint density at radius 1 is 1.06 bits per heavy atom. The predicted octanol–water partition coefficient (Wildman–Crippen LogP) is 3.38. The molecule has 0 saturated heterocycles. The Balaban J connectivity index is 1.47. The normalized spacial score (nSPS) is 14.8. The van der Waals surface area contributed by atoms with Crippen LogP contribution in [0.25, 0.3) is 0 Å². The molecule has 0 aliphatic carbocycles. The number of aryl methyl sites for hydroxylation is 1. The maximum atomic E-state index is 13.1. The van der Waals surface area contributed by atoms with E-state index >= 15 is 0 Å². The molecule has 0 bridgehead atoms. The van der Waals surface area contributed by atoms with Crippen molar-refractivity contribution in [1.82, 2.24) is 19.8 Å². The van der Waals surface area contributed by atoms with Crippen LogP contribution in [0.3, 0.4) is 0 Å². The van der Waals surface area contributed by atoms with Crippen LogP contribution in [0.15, 0.2) is 53.3 Å². The fraction of sp³-hybridized carbons (Fsp3) is 0.375. The van der Waals surface area contributed by atoms with Gasteiger partial charge in [-0.05, 0) is 42.0 Å². The minimum absolute atomic E-state index is 0.0403. The van der Waals surface area contributed by atoms with Gasteiger partial charge in [0.25, 0.3) is 11.8 Å². The fourth-order valence-electron chi connectivity index (χ4n) is 3.99. The number of carbonyl (C=O) groups excluding carboxylic acids is 2. The molecule has 1 aromatic carbocycles. The van der Waals surface area contributed by atoms with E-state index in [2.05, 4.69) is 22.4 Å². The van der Waals surface area contributed by atoms with E-state index in [0.29, 0.717) is 24.7 Å². The summed E-state index contributed by atoms with van der Waals surface area (Å²) in [5, 5.41) is 2.99.